The molecule has 1 aliphatic carbocycles. The molecule has 360 valence electrons. The molecule has 2 bridgehead atoms. The highest BCUT2D eigenvalue weighted by molar-refractivity contribution is 6.39. The van der Waals surface area contributed by atoms with Crippen LogP contribution in [-0.2, 0) is 42.9 Å². The van der Waals surface area contributed by atoms with E-state index in [4.69, 9.17) is 18.9 Å². The van der Waals surface area contributed by atoms with Gasteiger partial charge in [-0.05, 0) is 107 Å². The summed E-state index contributed by atoms with van der Waals surface area (Å²) < 4.78 is 23.8. The third-order valence-electron chi connectivity index (χ3n) is 14.6. The SMILES string of the molecule is COC1CC2CCC(C)C(O)(O2)C(=O)C(=O)N2CCCCC2C(=O)OC(C(C)CC2CCC(O)C(OC)C2)CC(=O)C(C)/C=C(\C)C(O)C(C)C(=O)C(C)CC(C)/C=C/C=C/C=C/1C. The van der Waals surface area contributed by atoms with E-state index in [-0.39, 0.29) is 60.7 Å². The molecule has 13 nitrogen and oxygen atoms in total. The predicted molar refractivity (Wildman–Crippen MR) is 244 cm³/mol. The van der Waals surface area contributed by atoms with Crippen molar-refractivity contribution in [2.24, 2.45) is 41.4 Å². The molecule has 4 rings (SSSR count). The lowest BCUT2D eigenvalue weighted by Gasteiger charge is -2.42. The fourth-order valence-corrected chi connectivity index (χ4v) is 10.2. The number of hydrogen-bond donors (Lipinski definition) is 3. The number of esters is 1. The Balaban J connectivity index is 1.69. The third-order valence-corrected chi connectivity index (χ3v) is 14.6. The zero-order chi connectivity index (χ0) is 47.5. The number of Topliss-reactive ketones (excluding diaryl/α,β-unsaturated/α-hetero) is 3. The van der Waals surface area contributed by atoms with E-state index in [0.29, 0.717) is 63.4 Å². The van der Waals surface area contributed by atoms with Crippen LogP contribution >= 0.6 is 0 Å². The molecule has 15 atom stereocenters. The van der Waals surface area contributed by atoms with E-state index in [1.165, 1.54) is 4.90 Å². The number of methoxy groups -OCH3 is 2. The molecule has 13 heteroatoms. The van der Waals surface area contributed by atoms with Crippen molar-refractivity contribution in [1.29, 1.82) is 0 Å². The van der Waals surface area contributed by atoms with Gasteiger partial charge in [-0.1, -0.05) is 78.0 Å². The Morgan fingerprint density at radius 2 is 1.58 bits per heavy atom. The standard InChI is InChI=1S/C51H79NO12/c1-30-16-12-11-13-17-31(2)43(61-9)28-39-21-19-36(7)51(60,64-39)48(57)49(58)52-23-15-14-18-40(52)50(59)63-44(33(4)26-38-20-22-41(53)45(27-38)62-10)29-42(54)32(3)25-35(6)47(56)37(8)46(55)34(5)24-30/h11-13,16-17,25,30,32-34,36-41,43-45,47,53,56,60H,14-15,18-24,26-29H2,1-10H3/b13-11+,16-12+,31-17+,35-25+. The first-order valence-corrected chi connectivity index (χ1v) is 23.9. The monoisotopic (exact) mass is 898 g/mol. The predicted octanol–water partition coefficient (Wildman–Crippen LogP) is 6.80. The van der Waals surface area contributed by atoms with Crippen molar-refractivity contribution in [2.75, 3.05) is 20.8 Å². The van der Waals surface area contributed by atoms with Crippen molar-refractivity contribution in [3.05, 3.63) is 47.6 Å². The minimum Gasteiger partial charge on any atom is -0.460 e. The number of carbonyl (C=O) groups is 5. The first-order chi connectivity index (χ1) is 30.2. The maximum absolute atomic E-state index is 14.3. The first-order valence-electron chi connectivity index (χ1n) is 23.9. The summed E-state index contributed by atoms with van der Waals surface area (Å²) in [6, 6.07) is -1.13. The van der Waals surface area contributed by atoms with E-state index in [1.807, 2.05) is 58.1 Å². The van der Waals surface area contributed by atoms with Crippen LogP contribution in [0.3, 0.4) is 0 Å². The number of piperidine rings is 1. The fourth-order valence-electron chi connectivity index (χ4n) is 10.2. The van der Waals surface area contributed by atoms with E-state index >= 15 is 0 Å². The number of aliphatic hydroxyl groups is 3. The van der Waals surface area contributed by atoms with Crippen LogP contribution in [0.2, 0.25) is 0 Å². The van der Waals surface area contributed by atoms with Crippen molar-refractivity contribution in [2.45, 2.75) is 181 Å². The molecule has 0 spiro atoms. The van der Waals surface area contributed by atoms with Crippen LogP contribution in [0.4, 0.5) is 0 Å². The van der Waals surface area contributed by atoms with E-state index in [2.05, 4.69) is 0 Å². The quantitative estimate of drug-likeness (QED) is 0.149. The summed E-state index contributed by atoms with van der Waals surface area (Å²) in [5.74, 6) is -8.13. The van der Waals surface area contributed by atoms with Gasteiger partial charge in [0.15, 0.2) is 0 Å². The minimum absolute atomic E-state index is 0.0679. The Kier molecular flexibility index (Phi) is 20.4. The van der Waals surface area contributed by atoms with Gasteiger partial charge in [0.05, 0.1) is 30.5 Å². The molecule has 0 aromatic rings. The number of fused-ring (bicyclic) bond motifs is 3. The molecular formula is C51H79NO12. The summed E-state index contributed by atoms with van der Waals surface area (Å²) in [4.78, 5) is 71.6. The topological polar surface area (TPSA) is 186 Å². The van der Waals surface area contributed by atoms with Gasteiger partial charge in [0, 0.05) is 57.3 Å². The minimum atomic E-state index is -2.42. The van der Waals surface area contributed by atoms with Gasteiger partial charge in [0.25, 0.3) is 11.7 Å². The zero-order valence-electron chi connectivity index (χ0n) is 40.2. The number of ether oxygens (including phenoxy) is 4. The van der Waals surface area contributed by atoms with E-state index in [0.717, 1.165) is 12.0 Å². The molecule has 0 radical (unpaired) electrons. The largest absolute Gasteiger partial charge is 0.460 e. The second-order valence-electron chi connectivity index (χ2n) is 19.7. The van der Waals surface area contributed by atoms with Crippen LogP contribution in [-0.4, -0.2) is 119 Å². The molecule has 0 aromatic carbocycles. The highest BCUT2D eigenvalue weighted by atomic mass is 16.6. The molecule has 3 heterocycles. The van der Waals surface area contributed by atoms with Crippen molar-refractivity contribution < 1.29 is 58.2 Å². The van der Waals surface area contributed by atoms with Crippen LogP contribution in [0.25, 0.3) is 0 Å². The molecule has 1 amide bonds. The van der Waals surface area contributed by atoms with Crippen molar-refractivity contribution >= 4 is 29.2 Å². The average molecular weight is 898 g/mol. The van der Waals surface area contributed by atoms with Crippen LogP contribution in [0.1, 0.15) is 132 Å². The molecule has 2 saturated heterocycles. The van der Waals surface area contributed by atoms with Gasteiger partial charge in [-0.15, -0.1) is 0 Å². The second-order valence-corrected chi connectivity index (χ2v) is 19.7. The van der Waals surface area contributed by atoms with Gasteiger partial charge in [-0.25, -0.2) is 4.79 Å². The maximum Gasteiger partial charge on any atom is 0.329 e. The Hall–Kier alpha value is -3.33. The van der Waals surface area contributed by atoms with Gasteiger partial charge in [0.2, 0.25) is 5.79 Å². The summed E-state index contributed by atoms with van der Waals surface area (Å²) in [7, 11) is 3.15. The van der Waals surface area contributed by atoms with Gasteiger partial charge in [-0.2, -0.15) is 0 Å². The Labute approximate surface area is 382 Å². The lowest BCUT2D eigenvalue weighted by atomic mass is 9.78. The summed E-state index contributed by atoms with van der Waals surface area (Å²) in [5.41, 5.74) is 1.39. The number of rotatable bonds is 5. The molecule has 3 aliphatic heterocycles. The molecule has 3 N–H and O–H groups in total. The summed E-state index contributed by atoms with van der Waals surface area (Å²) in [6.45, 7) is 14.7. The smallest absolute Gasteiger partial charge is 0.329 e. The van der Waals surface area contributed by atoms with Crippen molar-refractivity contribution in [3.63, 3.8) is 0 Å². The fraction of sp³-hybridized carbons (Fsp3) is 0.745. The van der Waals surface area contributed by atoms with Gasteiger partial charge in [-0.3, -0.25) is 19.2 Å². The number of allylic oxidation sites excluding steroid dienone is 6. The zero-order valence-corrected chi connectivity index (χ0v) is 40.2. The molecule has 1 saturated carbocycles. The number of hydrogen-bond acceptors (Lipinski definition) is 12. The number of cyclic esters (lactones) is 1. The molecule has 4 aliphatic rings. The van der Waals surface area contributed by atoms with Gasteiger partial charge < -0.3 is 39.2 Å². The first kappa shape index (κ1) is 53.3. The van der Waals surface area contributed by atoms with E-state index in [1.54, 1.807) is 48.0 Å². The van der Waals surface area contributed by atoms with Gasteiger partial charge in [0.1, 0.15) is 23.7 Å². The number of ketones is 3. The number of nitrogens with zero attached hydrogens (tertiary/aromatic N) is 1. The molecule has 3 fully saturated rings. The summed E-state index contributed by atoms with van der Waals surface area (Å²) >= 11 is 0. The lowest BCUT2D eigenvalue weighted by Crippen LogP contribution is -2.61. The Morgan fingerprint density at radius 1 is 0.859 bits per heavy atom. The maximum atomic E-state index is 14.3. The highest BCUT2D eigenvalue weighted by Gasteiger charge is 2.53. The molecule has 64 heavy (non-hydrogen) atoms. The molecule has 15 unspecified atom stereocenters. The van der Waals surface area contributed by atoms with Crippen molar-refractivity contribution in [1.82, 2.24) is 4.90 Å². The van der Waals surface area contributed by atoms with Crippen LogP contribution in [0.5, 0.6) is 0 Å². The lowest BCUT2D eigenvalue weighted by molar-refractivity contribution is -0.265. The Bertz CT molecular complexity index is 1740. The normalized spacial score (nSPS) is 40.9. The highest BCUT2D eigenvalue weighted by Crippen LogP contribution is 2.38. The van der Waals surface area contributed by atoms with Crippen LogP contribution in [0, 0.1) is 41.4 Å². The van der Waals surface area contributed by atoms with Gasteiger partial charge >= 0.3 is 5.97 Å². The summed E-state index contributed by atoms with van der Waals surface area (Å²) in [5, 5.41) is 33.8. The van der Waals surface area contributed by atoms with Crippen LogP contribution in [0.15, 0.2) is 47.6 Å². The number of carbonyl (C=O) groups excluding carboxylic acids is 5. The second kappa shape index (κ2) is 24.4. The van der Waals surface area contributed by atoms with E-state index in [9.17, 15) is 39.3 Å². The third kappa shape index (κ3) is 13.9. The van der Waals surface area contributed by atoms with Crippen LogP contribution < -0.4 is 0 Å². The van der Waals surface area contributed by atoms with Crippen molar-refractivity contribution in [3.8, 4) is 0 Å². The Morgan fingerprint density at radius 3 is 2.27 bits per heavy atom. The molecule has 0 aromatic heterocycles. The average Bonchev–Trinajstić information content (AvgIpc) is 3.27. The molecular weight excluding hydrogens is 819 g/mol. The number of aliphatic hydroxyl groups excluding tert-OH is 2. The summed E-state index contributed by atoms with van der Waals surface area (Å²) in [6.07, 6.45) is 13.0. The number of amides is 1. The van der Waals surface area contributed by atoms with E-state index < -0.39 is 77.8 Å².